The van der Waals surface area contributed by atoms with Crippen LogP contribution in [0.25, 0.3) is 10.9 Å². The number of nitrogens with zero attached hydrogens (tertiary/aromatic N) is 1. The molecule has 1 amide bonds. The largest absolute Gasteiger partial charge is 0.481 e. The van der Waals surface area contributed by atoms with Gasteiger partial charge in [0.1, 0.15) is 0 Å². The number of benzene rings is 1. The molecule has 0 bridgehead atoms. The second-order valence-corrected chi connectivity index (χ2v) is 6.23. The Labute approximate surface area is 133 Å². The van der Waals surface area contributed by atoms with E-state index < -0.39 is 11.9 Å². The molecule has 7 heteroatoms. The molecule has 0 spiro atoms. The van der Waals surface area contributed by atoms with Crippen LogP contribution in [0.15, 0.2) is 33.5 Å². The molecule has 1 fully saturated rings. The molecule has 1 aliphatic heterocycles. The number of rotatable bonds is 2. The number of aromatic amines is 1. The number of hydrogen-bond acceptors (Lipinski definition) is 3. The van der Waals surface area contributed by atoms with Crippen molar-refractivity contribution in [3.63, 3.8) is 0 Å². The lowest BCUT2D eigenvalue weighted by Gasteiger charge is -2.17. The van der Waals surface area contributed by atoms with Crippen LogP contribution < -0.4 is 5.56 Å². The first-order chi connectivity index (χ1) is 10.5. The maximum Gasteiger partial charge on any atom is 0.308 e. The van der Waals surface area contributed by atoms with Crippen LogP contribution in [0.2, 0.25) is 0 Å². The molecule has 114 valence electrons. The molecule has 3 rings (SSSR count). The molecule has 1 aromatic heterocycles. The van der Waals surface area contributed by atoms with Gasteiger partial charge in [-0.15, -0.1) is 0 Å². The molecule has 0 saturated carbocycles. The summed E-state index contributed by atoms with van der Waals surface area (Å²) in [7, 11) is 0. The Kier molecular flexibility index (Phi) is 3.74. The Morgan fingerprint density at radius 2 is 2.09 bits per heavy atom. The molecule has 0 aliphatic carbocycles. The molecule has 1 aromatic carbocycles. The van der Waals surface area contributed by atoms with Gasteiger partial charge in [0.05, 0.1) is 11.5 Å². The summed E-state index contributed by atoms with van der Waals surface area (Å²) in [5, 5.41) is 9.67. The van der Waals surface area contributed by atoms with E-state index in [0.29, 0.717) is 29.4 Å². The summed E-state index contributed by atoms with van der Waals surface area (Å²) in [6.45, 7) is 0.564. The van der Waals surface area contributed by atoms with E-state index in [0.717, 1.165) is 4.47 Å². The molecule has 0 radical (unpaired) electrons. The number of likely N-dealkylation sites (tertiary alicyclic amines) is 1. The van der Waals surface area contributed by atoms with Gasteiger partial charge in [0.15, 0.2) is 0 Å². The fourth-order valence-electron chi connectivity index (χ4n) is 2.72. The zero-order valence-corrected chi connectivity index (χ0v) is 13.1. The highest BCUT2D eigenvalue weighted by molar-refractivity contribution is 9.10. The van der Waals surface area contributed by atoms with Gasteiger partial charge in [-0.05, 0) is 24.6 Å². The molecule has 2 aromatic rings. The Balaban J connectivity index is 2.02. The fourth-order valence-corrected chi connectivity index (χ4v) is 3.08. The van der Waals surface area contributed by atoms with Gasteiger partial charge in [0.2, 0.25) is 5.56 Å². The summed E-state index contributed by atoms with van der Waals surface area (Å²) >= 11 is 3.35. The molecule has 1 unspecified atom stereocenters. The van der Waals surface area contributed by atoms with Gasteiger partial charge in [-0.3, -0.25) is 14.4 Å². The standard InChI is InChI=1S/C15H13BrN2O4/c16-9-1-2-12-10(5-9)11(6-13(19)17-12)14(20)18-4-3-8(7-18)15(21)22/h1-2,5-6,8H,3-4,7H2,(H,17,19)(H,21,22). The highest BCUT2D eigenvalue weighted by atomic mass is 79.9. The highest BCUT2D eigenvalue weighted by Crippen LogP contribution is 2.24. The van der Waals surface area contributed by atoms with E-state index in [2.05, 4.69) is 20.9 Å². The summed E-state index contributed by atoms with van der Waals surface area (Å²) in [4.78, 5) is 39.6. The average Bonchev–Trinajstić information content (AvgIpc) is 2.96. The van der Waals surface area contributed by atoms with Crippen molar-refractivity contribution in [3.8, 4) is 0 Å². The summed E-state index contributed by atoms with van der Waals surface area (Å²) in [5.41, 5.74) is 0.520. The van der Waals surface area contributed by atoms with E-state index >= 15 is 0 Å². The number of H-pyrrole nitrogens is 1. The number of carboxylic acid groups (broad SMARTS) is 1. The van der Waals surface area contributed by atoms with Crippen LogP contribution in [-0.2, 0) is 4.79 Å². The number of carbonyl (C=O) groups excluding carboxylic acids is 1. The van der Waals surface area contributed by atoms with Crippen LogP contribution in [0, 0.1) is 5.92 Å². The Morgan fingerprint density at radius 3 is 2.77 bits per heavy atom. The van der Waals surface area contributed by atoms with Gasteiger partial charge in [-0.25, -0.2) is 0 Å². The summed E-state index contributed by atoms with van der Waals surface area (Å²) < 4.78 is 0.797. The lowest BCUT2D eigenvalue weighted by atomic mass is 10.1. The molecular formula is C15H13BrN2O4. The first-order valence-electron chi connectivity index (χ1n) is 6.80. The van der Waals surface area contributed by atoms with E-state index in [-0.39, 0.29) is 18.0 Å². The topological polar surface area (TPSA) is 90.5 Å². The molecule has 1 aliphatic rings. The molecule has 2 heterocycles. The molecular weight excluding hydrogens is 352 g/mol. The first kappa shape index (κ1) is 14.8. The SMILES string of the molecule is O=C(O)C1CCN(C(=O)c2cc(=O)[nH]c3ccc(Br)cc23)C1. The van der Waals surface area contributed by atoms with Crippen LogP contribution in [0.3, 0.4) is 0 Å². The van der Waals surface area contributed by atoms with Crippen molar-refractivity contribution in [1.29, 1.82) is 0 Å². The van der Waals surface area contributed by atoms with Crippen molar-refractivity contribution in [2.45, 2.75) is 6.42 Å². The zero-order chi connectivity index (χ0) is 15.9. The van der Waals surface area contributed by atoms with Crippen LogP contribution in [-0.4, -0.2) is 40.0 Å². The molecule has 22 heavy (non-hydrogen) atoms. The molecule has 1 atom stereocenters. The second kappa shape index (κ2) is 5.57. The van der Waals surface area contributed by atoms with Crippen LogP contribution in [0.5, 0.6) is 0 Å². The number of aromatic nitrogens is 1. The number of pyridine rings is 1. The maximum atomic E-state index is 12.7. The predicted octanol–water partition coefficient (Wildman–Crippen LogP) is 1.84. The molecule has 1 saturated heterocycles. The normalized spacial score (nSPS) is 17.9. The number of nitrogens with one attached hydrogen (secondary N) is 1. The van der Waals surface area contributed by atoms with Gasteiger partial charge in [-0.2, -0.15) is 0 Å². The fraction of sp³-hybridized carbons (Fsp3) is 0.267. The van der Waals surface area contributed by atoms with Crippen molar-refractivity contribution in [1.82, 2.24) is 9.88 Å². The van der Waals surface area contributed by atoms with Crippen molar-refractivity contribution in [2.75, 3.05) is 13.1 Å². The Hall–Kier alpha value is -2.15. The number of fused-ring (bicyclic) bond motifs is 1. The third-order valence-corrected chi connectivity index (χ3v) is 4.35. The van der Waals surface area contributed by atoms with Crippen LogP contribution in [0.1, 0.15) is 16.8 Å². The monoisotopic (exact) mass is 364 g/mol. The van der Waals surface area contributed by atoms with E-state index in [9.17, 15) is 14.4 Å². The van der Waals surface area contributed by atoms with E-state index in [1.165, 1.54) is 11.0 Å². The van der Waals surface area contributed by atoms with Gasteiger partial charge in [0, 0.05) is 34.5 Å². The molecule has 2 N–H and O–H groups in total. The minimum absolute atomic E-state index is 0.177. The van der Waals surface area contributed by atoms with E-state index in [1.807, 2.05) is 0 Å². The number of carbonyl (C=O) groups is 2. The van der Waals surface area contributed by atoms with Gasteiger partial charge < -0.3 is 15.0 Å². The predicted molar refractivity (Wildman–Crippen MR) is 83.9 cm³/mol. The number of carboxylic acids is 1. The van der Waals surface area contributed by atoms with Gasteiger partial charge in [-0.1, -0.05) is 15.9 Å². The number of amides is 1. The van der Waals surface area contributed by atoms with Crippen molar-refractivity contribution in [2.24, 2.45) is 5.92 Å². The van der Waals surface area contributed by atoms with E-state index in [4.69, 9.17) is 5.11 Å². The Bertz CT molecular complexity index is 830. The minimum atomic E-state index is -0.895. The smallest absolute Gasteiger partial charge is 0.308 e. The minimum Gasteiger partial charge on any atom is -0.481 e. The van der Waals surface area contributed by atoms with Crippen molar-refractivity contribution >= 4 is 38.7 Å². The lowest BCUT2D eigenvalue weighted by molar-refractivity contribution is -0.141. The Morgan fingerprint density at radius 1 is 1.32 bits per heavy atom. The first-order valence-corrected chi connectivity index (χ1v) is 7.59. The van der Waals surface area contributed by atoms with Crippen LogP contribution >= 0.6 is 15.9 Å². The number of hydrogen-bond donors (Lipinski definition) is 2. The highest BCUT2D eigenvalue weighted by Gasteiger charge is 2.32. The zero-order valence-electron chi connectivity index (χ0n) is 11.5. The summed E-state index contributed by atoms with van der Waals surface area (Å²) in [6.07, 6.45) is 0.436. The van der Waals surface area contributed by atoms with Crippen LogP contribution in [0.4, 0.5) is 0 Å². The number of halogens is 1. The average molecular weight is 365 g/mol. The summed E-state index contributed by atoms with van der Waals surface area (Å²) in [5.74, 6) is -1.74. The lowest BCUT2D eigenvalue weighted by Crippen LogP contribution is -2.31. The quantitative estimate of drug-likeness (QED) is 0.850. The van der Waals surface area contributed by atoms with Crippen molar-refractivity contribution in [3.05, 3.63) is 44.7 Å². The molecule has 6 nitrogen and oxygen atoms in total. The third-order valence-electron chi connectivity index (χ3n) is 3.86. The van der Waals surface area contributed by atoms with Crippen molar-refractivity contribution < 1.29 is 14.7 Å². The van der Waals surface area contributed by atoms with E-state index in [1.54, 1.807) is 18.2 Å². The third kappa shape index (κ3) is 2.64. The summed E-state index contributed by atoms with van der Waals surface area (Å²) in [6, 6.07) is 6.54. The number of aliphatic carboxylic acids is 1. The maximum absolute atomic E-state index is 12.7. The van der Waals surface area contributed by atoms with Gasteiger partial charge >= 0.3 is 5.97 Å². The van der Waals surface area contributed by atoms with Gasteiger partial charge in [0.25, 0.3) is 5.91 Å². The second-order valence-electron chi connectivity index (χ2n) is 5.31.